The normalized spacial score (nSPS) is 16.2. The van der Waals surface area contributed by atoms with E-state index in [0.29, 0.717) is 5.15 Å². The van der Waals surface area contributed by atoms with E-state index in [4.69, 9.17) is 11.6 Å². The number of halogens is 1. The van der Waals surface area contributed by atoms with Gasteiger partial charge in [0.25, 0.3) is 0 Å². The number of aromatic nitrogens is 1. The van der Waals surface area contributed by atoms with Crippen LogP contribution >= 0.6 is 11.6 Å². The lowest BCUT2D eigenvalue weighted by Crippen LogP contribution is -2.37. The summed E-state index contributed by atoms with van der Waals surface area (Å²) in [5, 5.41) is 3.52. The molecule has 0 radical (unpaired) electrons. The maximum Gasteiger partial charge on any atom is 0.227 e. The van der Waals surface area contributed by atoms with Crippen LogP contribution in [-0.4, -0.2) is 28.9 Å². The number of amides is 1. The van der Waals surface area contributed by atoms with Crippen molar-refractivity contribution in [2.24, 2.45) is 5.92 Å². The molecular weight excluding hydrogens is 310 g/mol. The second-order valence-electron chi connectivity index (χ2n) is 5.89. The minimum atomic E-state index is 0.0924. The number of hydrogen-bond donors (Lipinski definition) is 1. The molecular formula is C18H20ClN3O. The Morgan fingerprint density at radius 1 is 1.17 bits per heavy atom. The Kier molecular flexibility index (Phi) is 5.26. The number of nitrogens with one attached hydrogen (secondary N) is 1. The number of benzene rings is 1. The Balaban J connectivity index is 1.48. The highest BCUT2D eigenvalue weighted by molar-refractivity contribution is 6.29. The third-order valence-electron chi connectivity index (χ3n) is 4.19. The molecule has 23 heavy (non-hydrogen) atoms. The van der Waals surface area contributed by atoms with Gasteiger partial charge in [-0.2, -0.15) is 0 Å². The monoisotopic (exact) mass is 329 g/mol. The zero-order valence-electron chi connectivity index (χ0n) is 12.9. The summed E-state index contributed by atoms with van der Waals surface area (Å²) >= 11 is 5.81. The lowest BCUT2D eigenvalue weighted by atomic mass is 9.95. The highest BCUT2D eigenvalue weighted by Gasteiger charge is 2.25. The summed E-state index contributed by atoms with van der Waals surface area (Å²) < 4.78 is 0. The molecule has 2 heterocycles. The van der Waals surface area contributed by atoms with Gasteiger partial charge in [-0.3, -0.25) is 9.69 Å². The van der Waals surface area contributed by atoms with Gasteiger partial charge < -0.3 is 5.32 Å². The summed E-state index contributed by atoms with van der Waals surface area (Å²) in [4.78, 5) is 18.8. The molecule has 1 aliphatic rings. The smallest absolute Gasteiger partial charge is 0.227 e. The van der Waals surface area contributed by atoms with Crippen LogP contribution in [0.15, 0.2) is 48.7 Å². The molecule has 3 rings (SSSR count). The molecule has 1 saturated heterocycles. The van der Waals surface area contributed by atoms with Crippen molar-refractivity contribution in [3.05, 3.63) is 59.4 Å². The molecule has 120 valence electrons. The molecule has 0 unspecified atom stereocenters. The molecule has 1 fully saturated rings. The van der Waals surface area contributed by atoms with E-state index in [0.717, 1.165) is 43.7 Å². The zero-order valence-corrected chi connectivity index (χ0v) is 13.7. The van der Waals surface area contributed by atoms with Gasteiger partial charge in [-0.1, -0.05) is 35.9 Å². The predicted octanol–water partition coefficient (Wildman–Crippen LogP) is 3.59. The molecule has 1 N–H and O–H groups in total. The lowest BCUT2D eigenvalue weighted by Gasteiger charge is -2.31. The summed E-state index contributed by atoms with van der Waals surface area (Å²) in [6.45, 7) is 2.71. The molecule has 0 aliphatic carbocycles. The van der Waals surface area contributed by atoms with E-state index in [1.807, 2.05) is 48.7 Å². The molecule has 1 aromatic carbocycles. The van der Waals surface area contributed by atoms with Gasteiger partial charge in [0.1, 0.15) is 5.15 Å². The Labute approximate surface area is 141 Å². The largest absolute Gasteiger partial charge is 0.326 e. The average molecular weight is 330 g/mol. The van der Waals surface area contributed by atoms with Crippen LogP contribution in [0, 0.1) is 5.92 Å². The fraction of sp³-hybridized carbons (Fsp3) is 0.333. The lowest BCUT2D eigenvalue weighted by molar-refractivity contribution is -0.121. The Hall–Kier alpha value is -1.91. The first-order chi connectivity index (χ1) is 11.2. The number of piperidine rings is 1. The second-order valence-corrected chi connectivity index (χ2v) is 6.28. The van der Waals surface area contributed by atoms with Gasteiger partial charge >= 0.3 is 0 Å². The first-order valence-corrected chi connectivity index (χ1v) is 8.27. The van der Waals surface area contributed by atoms with E-state index >= 15 is 0 Å². The third kappa shape index (κ3) is 4.53. The van der Waals surface area contributed by atoms with Crippen molar-refractivity contribution in [2.75, 3.05) is 18.4 Å². The topological polar surface area (TPSA) is 45.2 Å². The fourth-order valence-corrected chi connectivity index (χ4v) is 2.99. The van der Waals surface area contributed by atoms with Crippen LogP contribution in [0.5, 0.6) is 0 Å². The predicted molar refractivity (Wildman–Crippen MR) is 92.3 cm³/mol. The minimum absolute atomic E-state index is 0.0924. The number of pyridine rings is 1. The van der Waals surface area contributed by atoms with E-state index in [2.05, 4.69) is 15.2 Å². The van der Waals surface area contributed by atoms with Crippen molar-refractivity contribution in [2.45, 2.75) is 19.4 Å². The number of likely N-dealkylation sites (tertiary alicyclic amines) is 1. The van der Waals surface area contributed by atoms with Crippen molar-refractivity contribution in [1.29, 1.82) is 0 Å². The molecule has 5 heteroatoms. The first-order valence-electron chi connectivity index (χ1n) is 7.89. The molecule has 0 atom stereocenters. The van der Waals surface area contributed by atoms with Crippen LogP contribution < -0.4 is 5.32 Å². The number of para-hydroxylation sites is 1. The summed E-state index contributed by atoms with van der Waals surface area (Å²) in [5.74, 6) is 0.221. The van der Waals surface area contributed by atoms with Crippen LogP contribution in [0.2, 0.25) is 5.15 Å². The highest BCUT2D eigenvalue weighted by atomic mass is 35.5. The molecule has 1 amide bonds. The second kappa shape index (κ2) is 7.57. The third-order valence-corrected chi connectivity index (χ3v) is 4.42. The zero-order chi connectivity index (χ0) is 16.1. The van der Waals surface area contributed by atoms with E-state index < -0.39 is 0 Å². The van der Waals surface area contributed by atoms with E-state index in [1.165, 1.54) is 0 Å². The summed E-state index contributed by atoms with van der Waals surface area (Å²) in [5.41, 5.74) is 2.02. The highest BCUT2D eigenvalue weighted by Crippen LogP contribution is 2.21. The molecule has 1 aromatic heterocycles. The summed E-state index contributed by atoms with van der Waals surface area (Å²) in [6.07, 6.45) is 3.59. The molecule has 0 spiro atoms. The molecule has 2 aromatic rings. The van der Waals surface area contributed by atoms with Gasteiger partial charge in [0.15, 0.2) is 0 Å². The number of carbonyl (C=O) groups excluding carboxylic acids is 1. The molecule has 0 bridgehead atoms. The van der Waals surface area contributed by atoms with Crippen LogP contribution in [0.25, 0.3) is 0 Å². The standard InChI is InChI=1S/C18H20ClN3O/c19-17-7-6-14(12-20-17)13-22-10-8-15(9-11-22)18(23)21-16-4-2-1-3-5-16/h1-7,12,15H,8-11,13H2,(H,21,23). The molecule has 4 nitrogen and oxygen atoms in total. The number of hydrogen-bond acceptors (Lipinski definition) is 3. The SMILES string of the molecule is O=C(Nc1ccccc1)C1CCN(Cc2ccc(Cl)nc2)CC1. The van der Waals surface area contributed by atoms with Gasteiger partial charge in [0.05, 0.1) is 0 Å². The Bertz CT molecular complexity index is 637. The van der Waals surface area contributed by atoms with Gasteiger partial charge in [-0.05, 0) is 49.7 Å². The number of rotatable bonds is 4. The van der Waals surface area contributed by atoms with Crippen molar-refractivity contribution in [3.63, 3.8) is 0 Å². The van der Waals surface area contributed by atoms with Crippen LogP contribution in [0.4, 0.5) is 5.69 Å². The van der Waals surface area contributed by atoms with E-state index in [9.17, 15) is 4.79 Å². The minimum Gasteiger partial charge on any atom is -0.326 e. The van der Waals surface area contributed by atoms with Crippen LogP contribution in [-0.2, 0) is 11.3 Å². The van der Waals surface area contributed by atoms with Gasteiger partial charge in [0.2, 0.25) is 5.91 Å². The van der Waals surface area contributed by atoms with Gasteiger partial charge in [0, 0.05) is 24.3 Å². The maximum absolute atomic E-state index is 12.3. The summed E-state index contributed by atoms with van der Waals surface area (Å²) in [6, 6.07) is 13.5. The van der Waals surface area contributed by atoms with Crippen molar-refractivity contribution >= 4 is 23.2 Å². The number of anilines is 1. The van der Waals surface area contributed by atoms with Gasteiger partial charge in [-0.15, -0.1) is 0 Å². The van der Waals surface area contributed by atoms with Crippen LogP contribution in [0.3, 0.4) is 0 Å². The van der Waals surface area contributed by atoms with Crippen molar-refractivity contribution < 1.29 is 4.79 Å². The Morgan fingerprint density at radius 2 is 1.91 bits per heavy atom. The molecule has 0 saturated carbocycles. The molecule has 1 aliphatic heterocycles. The average Bonchev–Trinajstić information content (AvgIpc) is 2.58. The van der Waals surface area contributed by atoms with E-state index in [1.54, 1.807) is 0 Å². The van der Waals surface area contributed by atoms with Crippen molar-refractivity contribution in [1.82, 2.24) is 9.88 Å². The van der Waals surface area contributed by atoms with Crippen LogP contribution in [0.1, 0.15) is 18.4 Å². The fourth-order valence-electron chi connectivity index (χ4n) is 2.88. The van der Waals surface area contributed by atoms with E-state index in [-0.39, 0.29) is 11.8 Å². The van der Waals surface area contributed by atoms with Gasteiger partial charge in [-0.25, -0.2) is 4.98 Å². The number of nitrogens with zero attached hydrogens (tertiary/aromatic N) is 2. The van der Waals surface area contributed by atoms with Crippen molar-refractivity contribution in [3.8, 4) is 0 Å². The quantitative estimate of drug-likeness (QED) is 0.872. The Morgan fingerprint density at radius 3 is 2.57 bits per heavy atom. The summed E-state index contributed by atoms with van der Waals surface area (Å²) in [7, 11) is 0. The number of carbonyl (C=O) groups is 1. The maximum atomic E-state index is 12.3. The first kappa shape index (κ1) is 16.0.